The van der Waals surface area contributed by atoms with Gasteiger partial charge in [0, 0.05) is 0 Å². The topological polar surface area (TPSA) is 0 Å². The molecule has 0 aliphatic rings. The SMILES string of the molecule is c1ccc(-c2c3ccccc3c(-c3ccc4ccccc4c3)c3ccccc23)c(-c2cccc3ccccc23)c1. The summed E-state index contributed by atoms with van der Waals surface area (Å²) in [7, 11) is 0. The molecule has 8 aromatic rings. The van der Waals surface area contributed by atoms with Gasteiger partial charge in [0.2, 0.25) is 0 Å². The molecule has 0 bridgehead atoms. The molecule has 0 heteroatoms. The minimum absolute atomic E-state index is 1.25. The van der Waals surface area contributed by atoms with Crippen molar-refractivity contribution in [2.24, 2.45) is 0 Å². The van der Waals surface area contributed by atoms with Gasteiger partial charge in [0.15, 0.2) is 0 Å². The van der Waals surface area contributed by atoms with Gasteiger partial charge in [-0.15, -0.1) is 0 Å². The zero-order valence-electron chi connectivity index (χ0n) is 22.0. The van der Waals surface area contributed by atoms with Crippen molar-refractivity contribution in [2.45, 2.75) is 0 Å². The molecule has 0 heterocycles. The Morgan fingerprint density at radius 1 is 0.250 bits per heavy atom. The Bertz CT molecular complexity index is 2150. The quantitative estimate of drug-likeness (QED) is 0.209. The Kier molecular flexibility index (Phi) is 5.24. The van der Waals surface area contributed by atoms with Gasteiger partial charge in [-0.1, -0.05) is 152 Å². The molecule has 0 aromatic heterocycles. The van der Waals surface area contributed by atoms with Crippen LogP contribution in [0.25, 0.3) is 76.5 Å². The second-order valence-electron chi connectivity index (χ2n) is 10.5. The Balaban J connectivity index is 1.49. The van der Waals surface area contributed by atoms with Crippen LogP contribution in [-0.2, 0) is 0 Å². The highest BCUT2D eigenvalue weighted by Gasteiger charge is 2.19. The predicted molar refractivity (Wildman–Crippen MR) is 173 cm³/mol. The van der Waals surface area contributed by atoms with Crippen LogP contribution in [0.4, 0.5) is 0 Å². The van der Waals surface area contributed by atoms with Crippen molar-refractivity contribution >= 4 is 43.1 Å². The monoisotopic (exact) mass is 506 g/mol. The molecule has 8 aromatic carbocycles. The van der Waals surface area contributed by atoms with E-state index in [2.05, 4.69) is 158 Å². The second kappa shape index (κ2) is 9.22. The van der Waals surface area contributed by atoms with E-state index in [1.807, 2.05) is 0 Å². The van der Waals surface area contributed by atoms with Crippen LogP contribution < -0.4 is 0 Å². The van der Waals surface area contributed by atoms with E-state index in [0.717, 1.165) is 0 Å². The van der Waals surface area contributed by atoms with Gasteiger partial charge < -0.3 is 0 Å². The summed E-state index contributed by atoms with van der Waals surface area (Å²) < 4.78 is 0. The molecule has 0 N–H and O–H groups in total. The van der Waals surface area contributed by atoms with Gasteiger partial charge in [0.25, 0.3) is 0 Å². The summed E-state index contributed by atoms with van der Waals surface area (Å²) in [6, 6.07) is 57.5. The molecule has 0 unspecified atom stereocenters. The number of fused-ring (bicyclic) bond motifs is 4. The Hall–Kier alpha value is -5.20. The molecule has 0 atom stereocenters. The highest BCUT2D eigenvalue weighted by molar-refractivity contribution is 6.23. The maximum atomic E-state index is 2.34. The zero-order chi connectivity index (χ0) is 26.5. The molecular formula is C40H26. The fourth-order valence-electron chi connectivity index (χ4n) is 6.47. The van der Waals surface area contributed by atoms with Gasteiger partial charge in [-0.3, -0.25) is 0 Å². The van der Waals surface area contributed by atoms with Crippen LogP contribution in [0.5, 0.6) is 0 Å². The van der Waals surface area contributed by atoms with E-state index < -0.39 is 0 Å². The molecule has 0 nitrogen and oxygen atoms in total. The first-order valence-electron chi connectivity index (χ1n) is 13.9. The Morgan fingerprint density at radius 2 is 0.725 bits per heavy atom. The third-order valence-corrected chi connectivity index (χ3v) is 8.25. The van der Waals surface area contributed by atoms with Crippen LogP contribution >= 0.6 is 0 Å². The number of benzene rings is 8. The lowest BCUT2D eigenvalue weighted by Gasteiger charge is -2.20. The molecule has 0 aliphatic heterocycles. The molecule has 0 amide bonds. The zero-order valence-corrected chi connectivity index (χ0v) is 22.0. The van der Waals surface area contributed by atoms with Gasteiger partial charge >= 0.3 is 0 Å². The third kappa shape index (κ3) is 3.54. The summed E-state index contributed by atoms with van der Waals surface area (Å²) >= 11 is 0. The van der Waals surface area contributed by atoms with Crippen molar-refractivity contribution in [1.82, 2.24) is 0 Å². The van der Waals surface area contributed by atoms with E-state index in [1.54, 1.807) is 0 Å². The van der Waals surface area contributed by atoms with Crippen molar-refractivity contribution in [3.63, 3.8) is 0 Å². The van der Waals surface area contributed by atoms with Gasteiger partial charge in [-0.05, 0) is 82.5 Å². The van der Waals surface area contributed by atoms with Crippen LogP contribution in [0.1, 0.15) is 0 Å². The molecule has 0 fully saturated rings. The maximum absolute atomic E-state index is 2.34. The minimum atomic E-state index is 1.25. The van der Waals surface area contributed by atoms with Gasteiger partial charge in [0.05, 0.1) is 0 Å². The smallest absolute Gasteiger partial charge is 0.00201 e. The van der Waals surface area contributed by atoms with Crippen LogP contribution in [-0.4, -0.2) is 0 Å². The van der Waals surface area contributed by atoms with Crippen molar-refractivity contribution in [3.8, 4) is 33.4 Å². The molecule has 0 aliphatic carbocycles. The molecule has 0 spiro atoms. The number of rotatable bonds is 3. The summed E-state index contributed by atoms with van der Waals surface area (Å²) in [4.78, 5) is 0. The largest absolute Gasteiger partial charge is 0.0616 e. The lowest BCUT2D eigenvalue weighted by Crippen LogP contribution is -1.93. The average molecular weight is 507 g/mol. The molecular weight excluding hydrogens is 480 g/mol. The maximum Gasteiger partial charge on any atom is -0.00201 e. The third-order valence-electron chi connectivity index (χ3n) is 8.25. The summed E-state index contributed by atoms with van der Waals surface area (Å²) in [5, 5.41) is 10.2. The highest BCUT2D eigenvalue weighted by Crippen LogP contribution is 2.46. The molecule has 0 radical (unpaired) electrons. The van der Waals surface area contributed by atoms with E-state index in [1.165, 1.54) is 76.5 Å². The van der Waals surface area contributed by atoms with Crippen LogP contribution in [0.15, 0.2) is 158 Å². The lowest BCUT2D eigenvalue weighted by molar-refractivity contribution is 1.63. The standard InChI is InChI=1S/C40H26/c1-2-14-29-26-30(25-24-27(29)12-1)39-35-19-7-9-21-37(35)40(38-22-10-8-20-36(38)39)34-18-6-5-17-33(34)32-23-11-15-28-13-3-4-16-31(28)32/h1-26H. The minimum Gasteiger partial charge on any atom is -0.0616 e. The van der Waals surface area contributed by atoms with E-state index in [4.69, 9.17) is 0 Å². The normalized spacial score (nSPS) is 11.5. The molecule has 0 saturated carbocycles. The fraction of sp³-hybridized carbons (Fsp3) is 0. The average Bonchev–Trinajstić information content (AvgIpc) is 3.03. The molecule has 186 valence electrons. The van der Waals surface area contributed by atoms with Crippen LogP contribution in [0, 0.1) is 0 Å². The molecule has 8 rings (SSSR count). The van der Waals surface area contributed by atoms with Gasteiger partial charge in [-0.25, -0.2) is 0 Å². The summed E-state index contributed by atoms with van der Waals surface area (Å²) in [5.74, 6) is 0. The van der Waals surface area contributed by atoms with Gasteiger partial charge in [-0.2, -0.15) is 0 Å². The van der Waals surface area contributed by atoms with E-state index >= 15 is 0 Å². The van der Waals surface area contributed by atoms with Gasteiger partial charge in [0.1, 0.15) is 0 Å². The predicted octanol–water partition coefficient (Wildman–Crippen LogP) is 11.3. The first kappa shape index (κ1) is 22.8. The summed E-state index contributed by atoms with van der Waals surface area (Å²) in [6.07, 6.45) is 0. The van der Waals surface area contributed by atoms with Crippen molar-refractivity contribution in [1.29, 1.82) is 0 Å². The summed E-state index contributed by atoms with van der Waals surface area (Å²) in [5.41, 5.74) is 7.62. The second-order valence-corrected chi connectivity index (χ2v) is 10.5. The fourth-order valence-corrected chi connectivity index (χ4v) is 6.47. The van der Waals surface area contributed by atoms with E-state index in [9.17, 15) is 0 Å². The number of hydrogen-bond acceptors (Lipinski definition) is 0. The number of hydrogen-bond donors (Lipinski definition) is 0. The van der Waals surface area contributed by atoms with Crippen LogP contribution in [0.2, 0.25) is 0 Å². The molecule has 0 saturated heterocycles. The first-order chi connectivity index (χ1) is 19.9. The molecule has 40 heavy (non-hydrogen) atoms. The van der Waals surface area contributed by atoms with Crippen molar-refractivity contribution in [3.05, 3.63) is 158 Å². The van der Waals surface area contributed by atoms with Crippen LogP contribution in [0.3, 0.4) is 0 Å². The summed E-state index contributed by atoms with van der Waals surface area (Å²) in [6.45, 7) is 0. The lowest BCUT2D eigenvalue weighted by atomic mass is 9.83. The first-order valence-corrected chi connectivity index (χ1v) is 13.9. The van der Waals surface area contributed by atoms with E-state index in [-0.39, 0.29) is 0 Å². The van der Waals surface area contributed by atoms with E-state index in [0.29, 0.717) is 0 Å². The Labute approximate surface area is 233 Å². The van der Waals surface area contributed by atoms with Crippen molar-refractivity contribution < 1.29 is 0 Å². The highest BCUT2D eigenvalue weighted by atomic mass is 14.2. The van der Waals surface area contributed by atoms with Crippen molar-refractivity contribution in [2.75, 3.05) is 0 Å². The Morgan fingerprint density at radius 3 is 1.43 bits per heavy atom.